The molecular weight excluding hydrogens is 580 g/mol. The van der Waals surface area contributed by atoms with Crippen LogP contribution in [0.4, 0.5) is 0 Å². The summed E-state index contributed by atoms with van der Waals surface area (Å²) in [6, 6.07) is -0.997. The number of esters is 3. The first-order valence-electron chi connectivity index (χ1n) is 16.1. The third-order valence-electron chi connectivity index (χ3n) is 8.10. The average molecular weight is 639 g/mol. The van der Waals surface area contributed by atoms with Crippen molar-refractivity contribution >= 4 is 30.2 Å². The molecule has 11 nitrogen and oxygen atoms in total. The van der Waals surface area contributed by atoms with Crippen molar-refractivity contribution < 1.29 is 42.9 Å². The summed E-state index contributed by atoms with van der Waals surface area (Å²) in [5, 5.41) is 3.03. The molecule has 258 valence electrons. The van der Waals surface area contributed by atoms with Gasteiger partial charge in [0.25, 0.3) is 0 Å². The van der Waals surface area contributed by atoms with Gasteiger partial charge in [0.05, 0.1) is 22.9 Å². The maximum absolute atomic E-state index is 14.1. The van der Waals surface area contributed by atoms with Gasteiger partial charge in [-0.3, -0.25) is 24.0 Å². The van der Waals surface area contributed by atoms with Crippen LogP contribution in [0.3, 0.4) is 0 Å². The number of rotatable bonds is 8. The van der Waals surface area contributed by atoms with Gasteiger partial charge in [-0.2, -0.15) is 0 Å². The van der Waals surface area contributed by atoms with E-state index in [2.05, 4.69) is 5.32 Å². The minimum Gasteiger partial charge on any atom is -0.455 e. The summed E-state index contributed by atoms with van der Waals surface area (Å²) >= 11 is 0. The molecule has 1 unspecified atom stereocenters. The van der Waals surface area contributed by atoms with Crippen LogP contribution in [0, 0.1) is 21.7 Å². The van der Waals surface area contributed by atoms with Gasteiger partial charge < -0.3 is 29.2 Å². The van der Waals surface area contributed by atoms with Gasteiger partial charge in [0.2, 0.25) is 12.3 Å². The lowest BCUT2D eigenvalue weighted by molar-refractivity contribution is -0.259. The normalized spacial score (nSPS) is 24.9. The van der Waals surface area contributed by atoms with Gasteiger partial charge in [0, 0.05) is 5.54 Å². The van der Waals surface area contributed by atoms with Crippen molar-refractivity contribution in [1.82, 2.24) is 10.2 Å². The van der Waals surface area contributed by atoms with Gasteiger partial charge in [-0.15, -0.1) is 0 Å². The smallest absolute Gasteiger partial charge is 0.311 e. The van der Waals surface area contributed by atoms with Crippen LogP contribution >= 0.6 is 0 Å². The van der Waals surface area contributed by atoms with Gasteiger partial charge in [-0.25, -0.2) is 0 Å². The lowest BCUT2D eigenvalue weighted by Gasteiger charge is -2.50. The highest BCUT2D eigenvalue weighted by atomic mass is 16.7. The molecular formula is C34H58N2O9. The lowest BCUT2D eigenvalue weighted by Crippen LogP contribution is -2.68. The van der Waals surface area contributed by atoms with Crippen LogP contribution in [0.2, 0.25) is 0 Å². The average Bonchev–Trinajstić information content (AvgIpc) is 2.86. The number of carbonyl (C=O) groups excluding carboxylic acids is 5. The Bertz CT molecular complexity index is 1080. The molecule has 2 aliphatic rings. The summed E-state index contributed by atoms with van der Waals surface area (Å²) in [6.07, 6.45) is -0.539. The number of hydrogen-bond acceptors (Lipinski definition) is 9. The Morgan fingerprint density at radius 3 is 1.62 bits per heavy atom. The van der Waals surface area contributed by atoms with Gasteiger partial charge >= 0.3 is 17.9 Å². The van der Waals surface area contributed by atoms with Crippen molar-refractivity contribution in [2.45, 2.75) is 158 Å². The topological polar surface area (TPSA) is 138 Å². The van der Waals surface area contributed by atoms with E-state index in [4.69, 9.17) is 18.9 Å². The Morgan fingerprint density at radius 2 is 1.20 bits per heavy atom. The van der Waals surface area contributed by atoms with Gasteiger partial charge in [-0.05, 0) is 101 Å². The predicted molar refractivity (Wildman–Crippen MR) is 169 cm³/mol. The second kappa shape index (κ2) is 14.0. The SMILES string of the molecule is CC(C)(C)NC(=O)[C@@H](N(C=O)C1OC[C@@H](OC(=O)C(C)(C)C)[C@@H](OC(=O)C(C)(C)C)[C@@H]1OC(=O)C(C)(C)C)C1(C)CCCCC1. The third kappa shape index (κ3) is 10.1. The van der Waals surface area contributed by atoms with Crippen molar-refractivity contribution in [2.75, 3.05) is 6.61 Å². The molecule has 11 heteroatoms. The quantitative estimate of drug-likeness (QED) is 0.223. The summed E-state index contributed by atoms with van der Waals surface area (Å²) in [4.78, 5) is 68.3. The van der Waals surface area contributed by atoms with Crippen molar-refractivity contribution in [3.05, 3.63) is 0 Å². The Hall–Kier alpha value is -2.69. The number of ether oxygens (including phenoxy) is 4. The van der Waals surface area contributed by atoms with Crippen LogP contribution in [0.1, 0.15) is 122 Å². The van der Waals surface area contributed by atoms with Crippen molar-refractivity contribution in [3.8, 4) is 0 Å². The zero-order chi connectivity index (χ0) is 34.8. The third-order valence-corrected chi connectivity index (χ3v) is 8.10. The summed E-state index contributed by atoms with van der Waals surface area (Å²) in [7, 11) is 0. The van der Waals surface area contributed by atoms with E-state index in [1.807, 2.05) is 27.7 Å². The Morgan fingerprint density at radius 1 is 0.756 bits per heavy atom. The number of nitrogens with zero attached hydrogens (tertiary/aromatic N) is 1. The van der Waals surface area contributed by atoms with Crippen molar-refractivity contribution in [1.29, 1.82) is 0 Å². The first-order chi connectivity index (χ1) is 20.3. The number of nitrogens with one attached hydrogen (secondary N) is 1. The summed E-state index contributed by atoms with van der Waals surface area (Å²) in [6.45, 7) is 22.4. The standard InChI is InChI=1S/C34H58N2O9/c1-30(2,3)27(39)43-21-19-42-26(23(45-29(41)32(7,8)9)22(21)44-28(40)31(4,5)6)36(20-37)24(25(38)35-33(10,11)12)34(13)17-15-14-16-18-34/h20-24,26H,14-19H2,1-13H3,(H,35,38)/t21-,22-,23+,24-,26?/m1/s1. The first-order valence-corrected chi connectivity index (χ1v) is 16.1. The van der Waals surface area contributed by atoms with E-state index >= 15 is 0 Å². The van der Waals surface area contributed by atoms with E-state index < -0.39 is 75.7 Å². The molecule has 2 amide bonds. The van der Waals surface area contributed by atoms with Gasteiger partial charge in [-0.1, -0.05) is 26.2 Å². The van der Waals surface area contributed by atoms with E-state index in [0.29, 0.717) is 19.3 Å². The van der Waals surface area contributed by atoms with E-state index in [1.54, 1.807) is 62.3 Å². The molecule has 1 N–H and O–H groups in total. The molecule has 1 heterocycles. The number of carbonyl (C=O) groups is 5. The molecule has 0 aromatic rings. The Balaban J connectivity index is 2.75. The fourth-order valence-electron chi connectivity index (χ4n) is 5.45. The maximum Gasteiger partial charge on any atom is 0.311 e. The summed E-state index contributed by atoms with van der Waals surface area (Å²) < 4.78 is 24.1. The lowest BCUT2D eigenvalue weighted by atomic mass is 9.69. The number of amides is 2. The zero-order valence-electron chi connectivity index (χ0n) is 29.8. The van der Waals surface area contributed by atoms with Crippen LogP contribution in [0.5, 0.6) is 0 Å². The molecule has 45 heavy (non-hydrogen) atoms. The van der Waals surface area contributed by atoms with Crippen LogP contribution in [0.15, 0.2) is 0 Å². The first kappa shape index (κ1) is 38.5. The van der Waals surface area contributed by atoms with Crippen molar-refractivity contribution in [3.63, 3.8) is 0 Å². The zero-order valence-corrected chi connectivity index (χ0v) is 29.8. The molecule has 2 rings (SSSR count). The maximum atomic E-state index is 14.1. The largest absolute Gasteiger partial charge is 0.455 e. The van der Waals surface area contributed by atoms with Crippen LogP contribution < -0.4 is 5.32 Å². The predicted octanol–water partition coefficient (Wildman–Crippen LogP) is 4.93. The van der Waals surface area contributed by atoms with E-state index in [-0.39, 0.29) is 12.5 Å². The molecule has 0 radical (unpaired) electrons. The molecule has 1 saturated carbocycles. The van der Waals surface area contributed by atoms with E-state index in [1.165, 1.54) is 4.90 Å². The Labute approximate surface area is 269 Å². The van der Waals surface area contributed by atoms with Gasteiger partial charge in [0.15, 0.2) is 24.5 Å². The van der Waals surface area contributed by atoms with Crippen LogP contribution in [-0.2, 0) is 42.9 Å². The minimum atomic E-state index is -1.42. The van der Waals surface area contributed by atoms with E-state index in [0.717, 1.165) is 19.3 Å². The minimum absolute atomic E-state index is 0.271. The fourth-order valence-corrected chi connectivity index (χ4v) is 5.45. The van der Waals surface area contributed by atoms with Crippen molar-refractivity contribution in [2.24, 2.45) is 21.7 Å². The molecule has 0 spiro atoms. The molecule has 1 aliphatic carbocycles. The number of hydrogen-bond donors (Lipinski definition) is 1. The highest BCUT2D eigenvalue weighted by Crippen LogP contribution is 2.43. The molecule has 5 atom stereocenters. The second-order valence-electron chi connectivity index (χ2n) is 17.1. The molecule has 1 aliphatic heterocycles. The molecule has 2 fully saturated rings. The second-order valence-corrected chi connectivity index (χ2v) is 17.1. The summed E-state index contributed by atoms with van der Waals surface area (Å²) in [5.74, 6) is -2.21. The molecule has 0 aromatic heterocycles. The molecule has 0 bridgehead atoms. The highest BCUT2D eigenvalue weighted by molar-refractivity contribution is 5.85. The monoisotopic (exact) mass is 638 g/mol. The fraction of sp³-hybridized carbons (Fsp3) is 0.853. The Kier molecular flexibility index (Phi) is 12.0. The van der Waals surface area contributed by atoms with E-state index in [9.17, 15) is 24.0 Å². The highest BCUT2D eigenvalue weighted by Gasteiger charge is 2.55. The molecule has 0 aromatic carbocycles. The van der Waals surface area contributed by atoms with Crippen LogP contribution in [-0.4, -0.2) is 77.9 Å². The summed E-state index contributed by atoms with van der Waals surface area (Å²) in [5.41, 5.74) is -4.06. The molecule has 1 saturated heterocycles. The van der Waals surface area contributed by atoms with Gasteiger partial charge in [0.1, 0.15) is 6.04 Å². The van der Waals surface area contributed by atoms with Crippen LogP contribution in [0.25, 0.3) is 0 Å².